The quantitative estimate of drug-likeness (QED) is 0.723. The lowest BCUT2D eigenvalue weighted by Crippen LogP contribution is -2.35. The maximum atomic E-state index is 12.3. The van der Waals surface area contributed by atoms with Crippen molar-refractivity contribution in [2.45, 2.75) is 51.0 Å². The number of nitrogens with zero attached hydrogens (tertiary/aromatic N) is 1. The zero-order valence-electron chi connectivity index (χ0n) is 13.4. The van der Waals surface area contributed by atoms with Gasteiger partial charge in [-0.05, 0) is 45.0 Å². The SMILES string of the molecule is CCCCN(c1ccc(N)cc1S(=O)(=O)NC)C(C)CC. The highest BCUT2D eigenvalue weighted by atomic mass is 32.2. The summed E-state index contributed by atoms with van der Waals surface area (Å²) in [7, 11) is -2.12. The minimum Gasteiger partial charge on any atom is -0.399 e. The van der Waals surface area contributed by atoms with E-state index >= 15 is 0 Å². The molecule has 1 aromatic rings. The summed E-state index contributed by atoms with van der Waals surface area (Å²) in [5.41, 5.74) is 6.95. The molecule has 0 spiro atoms. The number of nitrogen functional groups attached to an aromatic ring is 1. The first-order chi connectivity index (χ1) is 9.87. The molecule has 21 heavy (non-hydrogen) atoms. The van der Waals surface area contributed by atoms with E-state index in [9.17, 15) is 8.42 Å². The molecule has 0 bridgehead atoms. The van der Waals surface area contributed by atoms with Crippen LogP contribution in [0.25, 0.3) is 0 Å². The molecule has 0 heterocycles. The van der Waals surface area contributed by atoms with Gasteiger partial charge in [0, 0.05) is 18.3 Å². The van der Waals surface area contributed by atoms with E-state index in [-0.39, 0.29) is 10.9 Å². The lowest BCUT2D eigenvalue weighted by Gasteiger charge is -2.32. The van der Waals surface area contributed by atoms with Crippen LogP contribution >= 0.6 is 0 Å². The molecule has 0 aromatic heterocycles. The van der Waals surface area contributed by atoms with Gasteiger partial charge in [0.15, 0.2) is 0 Å². The van der Waals surface area contributed by atoms with Crippen LogP contribution in [0.2, 0.25) is 0 Å². The van der Waals surface area contributed by atoms with Gasteiger partial charge >= 0.3 is 0 Å². The second-order valence-electron chi connectivity index (χ2n) is 5.24. The number of sulfonamides is 1. The molecule has 6 heteroatoms. The van der Waals surface area contributed by atoms with Crippen LogP contribution in [-0.2, 0) is 10.0 Å². The second-order valence-corrected chi connectivity index (χ2v) is 7.09. The molecule has 0 fully saturated rings. The smallest absolute Gasteiger partial charge is 0.242 e. The summed E-state index contributed by atoms with van der Waals surface area (Å²) in [6, 6.07) is 5.36. The Bertz CT molecular complexity index is 558. The fourth-order valence-corrected chi connectivity index (χ4v) is 3.19. The van der Waals surface area contributed by atoms with Gasteiger partial charge in [-0.1, -0.05) is 20.3 Å². The molecule has 120 valence electrons. The van der Waals surface area contributed by atoms with E-state index in [1.807, 2.05) is 0 Å². The molecule has 0 aliphatic rings. The third kappa shape index (κ3) is 4.35. The summed E-state index contributed by atoms with van der Waals surface area (Å²) in [5, 5.41) is 0. The van der Waals surface area contributed by atoms with Crippen LogP contribution in [-0.4, -0.2) is 28.1 Å². The number of anilines is 2. The average molecular weight is 313 g/mol. The summed E-state index contributed by atoms with van der Waals surface area (Å²) in [6.45, 7) is 7.18. The van der Waals surface area contributed by atoms with Crippen molar-refractivity contribution in [1.29, 1.82) is 0 Å². The molecule has 1 atom stereocenters. The highest BCUT2D eigenvalue weighted by Gasteiger charge is 2.23. The maximum Gasteiger partial charge on any atom is 0.242 e. The van der Waals surface area contributed by atoms with Crippen molar-refractivity contribution in [2.24, 2.45) is 0 Å². The van der Waals surface area contributed by atoms with E-state index in [1.54, 1.807) is 12.1 Å². The second kappa shape index (κ2) is 7.66. The number of hydrogen-bond donors (Lipinski definition) is 2. The van der Waals surface area contributed by atoms with E-state index in [0.717, 1.165) is 31.5 Å². The number of nitrogens with one attached hydrogen (secondary N) is 1. The molecule has 0 amide bonds. The lowest BCUT2D eigenvalue weighted by atomic mass is 10.1. The van der Waals surface area contributed by atoms with Crippen molar-refractivity contribution in [3.05, 3.63) is 18.2 Å². The van der Waals surface area contributed by atoms with Crippen molar-refractivity contribution >= 4 is 21.4 Å². The van der Waals surface area contributed by atoms with Gasteiger partial charge in [0.25, 0.3) is 0 Å². The zero-order chi connectivity index (χ0) is 16.0. The Kier molecular flexibility index (Phi) is 6.48. The van der Waals surface area contributed by atoms with Crippen LogP contribution in [0.1, 0.15) is 40.0 Å². The molecule has 5 nitrogen and oxygen atoms in total. The Morgan fingerprint density at radius 2 is 2.00 bits per heavy atom. The van der Waals surface area contributed by atoms with Gasteiger partial charge in [-0.2, -0.15) is 0 Å². The van der Waals surface area contributed by atoms with Gasteiger partial charge in [-0.25, -0.2) is 13.1 Å². The van der Waals surface area contributed by atoms with Crippen molar-refractivity contribution in [2.75, 3.05) is 24.2 Å². The molecule has 1 rings (SSSR count). The normalized spacial score (nSPS) is 13.1. The monoisotopic (exact) mass is 313 g/mol. The van der Waals surface area contributed by atoms with E-state index < -0.39 is 10.0 Å². The zero-order valence-corrected chi connectivity index (χ0v) is 14.2. The Labute approximate surface area is 128 Å². The van der Waals surface area contributed by atoms with Gasteiger partial charge in [0.2, 0.25) is 10.0 Å². The Hall–Kier alpha value is -1.27. The topological polar surface area (TPSA) is 75.4 Å². The van der Waals surface area contributed by atoms with Gasteiger partial charge in [0.1, 0.15) is 4.90 Å². The molecular formula is C15H27N3O2S. The van der Waals surface area contributed by atoms with Crippen molar-refractivity contribution in [3.63, 3.8) is 0 Å². The lowest BCUT2D eigenvalue weighted by molar-refractivity contribution is 0.577. The standard InChI is InChI=1S/C15H27N3O2S/c1-5-7-10-18(12(3)6-2)14-9-8-13(16)11-15(14)21(19,20)17-4/h8-9,11-12,17H,5-7,10,16H2,1-4H3. The van der Waals surface area contributed by atoms with Crippen LogP contribution in [0.5, 0.6) is 0 Å². The van der Waals surface area contributed by atoms with Crippen LogP contribution in [0.4, 0.5) is 11.4 Å². The number of unbranched alkanes of at least 4 members (excludes halogenated alkanes) is 1. The number of benzene rings is 1. The van der Waals surface area contributed by atoms with Gasteiger partial charge in [-0.15, -0.1) is 0 Å². The molecule has 0 saturated carbocycles. The molecule has 0 radical (unpaired) electrons. The van der Waals surface area contributed by atoms with Gasteiger partial charge in [-0.3, -0.25) is 0 Å². The molecule has 0 saturated heterocycles. The van der Waals surface area contributed by atoms with Crippen LogP contribution in [0.15, 0.2) is 23.1 Å². The third-order valence-electron chi connectivity index (χ3n) is 3.73. The maximum absolute atomic E-state index is 12.3. The number of hydrogen-bond acceptors (Lipinski definition) is 4. The molecule has 1 unspecified atom stereocenters. The van der Waals surface area contributed by atoms with E-state index in [2.05, 4.69) is 30.4 Å². The Balaban J connectivity index is 3.37. The number of nitrogens with two attached hydrogens (primary N) is 1. The predicted molar refractivity (Wildman–Crippen MR) is 89.1 cm³/mol. The summed E-state index contributed by atoms with van der Waals surface area (Å²) in [6.07, 6.45) is 3.04. The van der Waals surface area contributed by atoms with E-state index in [4.69, 9.17) is 5.73 Å². The highest BCUT2D eigenvalue weighted by molar-refractivity contribution is 7.89. The average Bonchev–Trinajstić information content (AvgIpc) is 2.48. The Morgan fingerprint density at radius 1 is 1.33 bits per heavy atom. The number of rotatable bonds is 8. The first-order valence-electron chi connectivity index (χ1n) is 7.47. The fraction of sp³-hybridized carbons (Fsp3) is 0.600. The van der Waals surface area contributed by atoms with Gasteiger partial charge < -0.3 is 10.6 Å². The summed E-state index contributed by atoms with van der Waals surface area (Å²) in [4.78, 5) is 2.41. The molecule has 1 aromatic carbocycles. The largest absolute Gasteiger partial charge is 0.399 e. The summed E-state index contributed by atoms with van der Waals surface area (Å²) >= 11 is 0. The first kappa shape index (κ1) is 17.8. The minimum absolute atomic E-state index is 0.251. The van der Waals surface area contributed by atoms with Crippen LogP contribution in [0.3, 0.4) is 0 Å². The van der Waals surface area contributed by atoms with Crippen molar-refractivity contribution in [1.82, 2.24) is 4.72 Å². The molecule has 0 aliphatic carbocycles. The third-order valence-corrected chi connectivity index (χ3v) is 5.17. The molecular weight excluding hydrogens is 286 g/mol. The fourth-order valence-electron chi connectivity index (χ4n) is 2.22. The van der Waals surface area contributed by atoms with E-state index in [1.165, 1.54) is 13.1 Å². The Morgan fingerprint density at radius 3 is 2.52 bits per heavy atom. The predicted octanol–water partition coefficient (Wildman–Crippen LogP) is 2.58. The molecule has 3 N–H and O–H groups in total. The highest BCUT2D eigenvalue weighted by Crippen LogP contribution is 2.29. The minimum atomic E-state index is -3.53. The van der Waals surface area contributed by atoms with Crippen LogP contribution in [0, 0.1) is 0 Å². The van der Waals surface area contributed by atoms with Gasteiger partial charge in [0.05, 0.1) is 5.69 Å². The summed E-state index contributed by atoms with van der Waals surface area (Å²) < 4.78 is 26.9. The molecule has 0 aliphatic heterocycles. The summed E-state index contributed by atoms with van der Waals surface area (Å²) in [5.74, 6) is 0. The first-order valence-corrected chi connectivity index (χ1v) is 8.95. The van der Waals surface area contributed by atoms with Crippen molar-refractivity contribution in [3.8, 4) is 0 Å². The van der Waals surface area contributed by atoms with Crippen LogP contribution < -0.4 is 15.4 Å². The van der Waals surface area contributed by atoms with Crippen molar-refractivity contribution < 1.29 is 8.42 Å². The van der Waals surface area contributed by atoms with E-state index in [0.29, 0.717) is 5.69 Å².